The topological polar surface area (TPSA) is 101 Å². The molecule has 0 heterocycles. The minimum absolute atomic E-state index is 0.0528. The Morgan fingerprint density at radius 1 is 1.37 bits per heavy atom. The Bertz CT molecular complexity index is 560. The summed E-state index contributed by atoms with van der Waals surface area (Å²) in [5.74, 6) is -0.786. The lowest BCUT2D eigenvalue weighted by Crippen LogP contribution is -2.33. The first kappa shape index (κ1) is 15.5. The van der Waals surface area contributed by atoms with E-state index in [9.17, 15) is 17.6 Å². The van der Waals surface area contributed by atoms with Gasteiger partial charge in [-0.2, -0.15) is 0 Å². The van der Waals surface area contributed by atoms with Gasteiger partial charge in [-0.3, -0.25) is 4.79 Å². The summed E-state index contributed by atoms with van der Waals surface area (Å²) in [5.41, 5.74) is 5.44. The Kier molecular flexibility index (Phi) is 5.40. The minimum Gasteiger partial charge on any atom is -0.355 e. The van der Waals surface area contributed by atoms with Crippen LogP contribution in [0.4, 0.5) is 4.39 Å². The van der Waals surface area contributed by atoms with E-state index in [1.807, 2.05) is 0 Å². The summed E-state index contributed by atoms with van der Waals surface area (Å²) >= 11 is 0. The molecule has 1 aromatic rings. The fourth-order valence-electron chi connectivity index (χ4n) is 1.38. The van der Waals surface area contributed by atoms with Crippen LogP contribution in [0.1, 0.15) is 12.5 Å². The molecule has 0 aliphatic rings. The normalized spacial score (nSPS) is 11.3. The van der Waals surface area contributed by atoms with Crippen LogP contribution in [0.5, 0.6) is 0 Å². The second kappa shape index (κ2) is 6.60. The number of sulfonamides is 1. The molecule has 0 radical (unpaired) electrons. The van der Waals surface area contributed by atoms with Crippen molar-refractivity contribution in [1.82, 2.24) is 10.0 Å². The molecule has 0 atom stereocenters. The van der Waals surface area contributed by atoms with Crippen LogP contribution in [0.3, 0.4) is 0 Å². The SMILES string of the molecule is CC(=O)NCCNS(=O)(=O)c1ccc(F)c(CN)c1. The molecule has 1 aromatic carbocycles. The number of amides is 1. The quantitative estimate of drug-likeness (QED) is 0.626. The Labute approximate surface area is 111 Å². The van der Waals surface area contributed by atoms with Gasteiger partial charge in [0.05, 0.1) is 4.90 Å². The van der Waals surface area contributed by atoms with Gasteiger partial charge in [-0.25, -0.2) is 17.5 Å². The lowest BCUT2D eigenvalue weighted by atomic mass is 10.2. The van der Waals surface area contributed by atoms with Crippen molar-refractivity contribution in [2.24, 2.45) is 5.73 Å². The highest BCUT2D eigenvalue weighted by atomic mass is 32.2. The van der Waals surface area contributed by atoms with Crippen LogP contribution in [-0.2, 0) is 21.4 Å². The summed E-state index contributed by atoms with van der Waals surface area (Å²) in [4.78, 5) is 10.6. The van der Waals surface area contributed by atoms with Gasteiger partial charge in [0.25, 0.3) is 0 Å². The maximum absolute atomic E-state index is 13.2. The van der Waals surface area contributed by atoms with Gasteiger partial charge >= 0.3 is 0 Å². The molecule has 0 unspecified atom stereocenters. The zero-order valence-electron chi connectivity index (χ0n) is 10.4. The van der Waals surface area contributed by atoms with Crippen molar-refractivity contribution in [3.63, 3.8) is 0 Å². The highest BCUT2D eigenvalue weighted by Crippen LogP contribution is 2.14. The molecular weight excluding hydrogens is 273 g/mol. The second-order valence-corrected chi connectivity index (χ2v) is 5.61. The van der Waals surface area contributed by atoms with Gasteiger partial charge in [-0.15, -0.1) is 0 Å². The first-order chi connectivity index (χ1) is 8.86. The van der Waals surface area contributed by atoms with E-state index in [1.165, 1.54) is 13.0 Å². The van der Waals surface area contributed by atoms with Crippen LogP contribution in [0.15, 0.2) is 23.1 Å². The zero-order chi connectivity index (χ0) is 14.5. The predicted octanol–water partition coefficient (Wildman–Crippen LogP) is -0.301. The summed E-state index contributed by atoms with van der Waals surface area (Å²) in [6.07, 6.45) is 0. The summed E-state index contributed by atoms with van der Waals surface area (Å²) in [6, 6.07) is 3.41. The number of carbonyl (C=O) groups excluding carboxylic acids is 1. The maximum atomic E-state index is 13.2. The van der Waals surface area contributed by atoms with Gasteiger partial charge in [0.15, 0.2) is 0 Å². The lowest BCUT2D eigenvalue weighted by molar-refractivity contribution is -0.118. The van der Waals surface area contributed by atoms with Crippen LogP contribution in [0.2, 0.25) is 0 Å². The fraction of sp³-hybridized carbons (Fsp3) is 0.364. The molecule has 1 rings (SSSR count). The molecule has 0 aliphatic carbocycles. The Hall–Kier alpha value is -1.51. The Morgan fingerprint density at radius 3 is 2.63 bits per heavy atom. The molecule has 4 N–H and O–H groups in total. The minimum atomic E-state index is -3.73. The lowest BCUT2D eigenvalue weighted by Gasteiger charge is -2.08. The third-order valence-corrected chi connectivity index (χ3v) is 3.80. The third kappa shape index (κ3) is 4.58. The standard InChI is InChI=1S/C11H16FN3O3S/c1-8(16)14-4-5-15-19(17,18)10-2-3-11(12)9(6-10)7-13/h2-3,6,15H,4-5,7,13H2,1H3,(H,14,16). The summed E-state index contributed by atoms with van der Waals surface area (Å²) in [6.45, 7) is 1.49. The van der Waals surface area contributed by atoms with E-state index < -0.39 is 15.8 Å². The van der Waals surface area contributed by atoms with Crippen molar-refractivity contribution in [3.8, 4) is 0 Å². The van der Waals surface area contributed by atoms with E-state index in [2.05, 4.69) is 10.0 Å². The smallest absolute Gasteiger partial charge is 0.240 e. The largest absolute Gasteiger partial charge is 0.355 e. The summed E-state index contributed by atoms with van der Waals surface area (Å²) < 4.78 is 39.2. The average Bonchev–Trinajstić information content (AvgIpc) is 2.35. The summed E-state index contributed by atoms with van der Waals surface area (Å²) in [7, 11) is -3.73. The molecule has 19 heavy (non-hydrogen) atoms. The Balaban J connectivity index is 2.74. The van der Waals surface area contributed by atoms with E-state index in [0.29, 0.717) is 0 Å². The summed E-state index contributed by atoms with van der Waals surface area (Å²) in [5, 5.41) is 2.46. The number of halogens is 1. The number of nitrogens with one attached hydrogen (secondary N) is 2. The molecule has 0 aliphatic heterocycles. The number of hydrogen-bond acceptors (Lipinski definition) is 4. The molecule has 1 amide bonds. The first-order valence-corrected chi connectivity index (χ1v) is 7.07. The predicted molar refractivity (Wildman–Crippen MR) is 68.2 cm³/mol. The van der Waals surface area contributed by atoms with Crippen LogP contribution in [0, 0.1) is 5.82 Å². The Morgan fingerprint density at radius 2 is 2.05 bits per heavy atom. The van der Waals surface area contributed by atoms with E-state index in [1.54, 1.807) is 0 Å². The molecule has 0 saturated carbocycles. The molecule has 0 spiro atoms. The second-order valence-electron chi connectivity index (χ2n) is 3.84. The van der Waals surface area contributed by atoms with Gasteiger partial charge in [0.1, 0.15) is 5.82 Å². The fourth-order valence-corrected chi connectivity index (χ4v) is 2.46. The van der Waals surface area contributed by atoms with Crippen LogP contribution >= 0.6 is 0 Å². The van der Waals surface area contributed by atoms with E-state index >= 15 is 0 Å². The molecule has 0 fully saturated rings. The molecule has 0 bridgehead atoms. The van der Waals surface area contributed by atoms with Gasteiger partial charge < -0.3 is 11.1 Å². The highest BCUT2D eigenvalue weighted by Gasteiger charge is 2.15. The van der Waals surface area contributed by atoms with Crippen molar-refractivity contribution in [1.29, 1.82) is 0 Å². The van der Waals surface area contributed by atoms with Crippen molar-refractivity contribution < 1.29 is 17.6 Å². The molecule has 0 aromatic heterocycles. The zero-order valence-corrected chi connectivity index (χ0v) is 11.3. The number of carbonyl (C=O) groups is 1. The number of rotatable bonds is 6. The monoisotopic (exact) mass is 289 g/mol. The molecule has 6 nitrogen and oxygen atoms in total. The van der Waals surface area contributed by atoms with Crippen molar-refractivity contribution in [3.05, 3.63) is 29.6 Å². The highest BCUT2D eigenvalue weighted by molar-refractivity contribution is 7.89. The van der Waals surface area contributed by atoms with Gasteiger partial charge in [0, 0.05) is 32.1 Å². The van der Waals surface area contributed by atoms with Gasteiger partial charge in [-0.1, -0.05) is 0 Å². The molecule has 8 heteroatoms. The van der Waals surface area contributed by atoms with Crippen molar-refractivity contribution in [2.75, 3.05) is 13.1 Å². The van der Waals surface area contributed by atoms with E-state index in [4.69, 9.17) is 5.73 Å². The van der Waals surface area contributed by atoms with E-state index in [0.717, 1.165) is 12.1 Å². The maximum Gasteiger partial charge on any atom is 0.240 e. The van der Waals surface area contributed by atoms with E-state index in [-0.39, 0.29) is 36.0 Å². The molecule has 0 saturated heterocycles. The first-order valence-electron chi connectivity index (χ1n) is 5.59. The van der Waals surface area contributed by atoms with Gasteiger partial charge in [0.2, 0.25) is 15.9 Å². The molecule has 106 valence electrons. The third-order valence-electron chi connectivity index (χ3n) is 2.34. The number of nitrogens with two attached hydrogens (primary N) is 1. The van der Waals surface area contributed by atoms with Crippen molar-refractivity contribution >= 4 is 15.9 Å². The number of hydrogen-bond donors (Lipinski definition) is 3. The average molecular weight is 289 g/mol. The van der Waals surface area contributed by atoms with Crippen molar-refractivity contribution in [2.45, 2.75) is 18.4 Å². The molecular formula is C11H16FN3O3S. The van der Waals surface area contributed by atoms with Crippen LogP contribution in [0.25, 0.3) is 0 Å². The van der Waals surface area contributed by atoms with Crippen LogP contribution < -0.4 is 15.8 Å². The van der Waals surface area contributed by atoms with Crippen LogP contribution in [-0.4, -0.2) is 27.4 Å². The van der Waals surface area contributed by atoms with Gasteiger partial charge in [-0.05, 0) is 18.2 Å². The number of benzene rings is 1.